The SMILES string of the molecule is CC[C@@H](C(=N)c1ncc(Br)cn1)C(N)=O. The molecule has 5 nitrogen and oxygen atoms in total. The van der Waals surface area contributed by atoms with Crippen LogP contribution in [0.5, 0.6) is 0 Å². The first-order chi connectivity index (χ1) is 7.06. The Labute approximate surface area is 95.7 Å². The summed E-state index contributed by atoms with van der Waals surface area (Å²) >= 11 is 3.19. The number of rotatable bonds is 4. The zero-order valence-corrected chi connectivity index (χ0v) is 9.78. The van der Waals surface area contributed by atoms with Gasteiger partial charge in [0.2, 0.25) is 5.91 Å². The van der Waals surface area contributed by atoms with Gasteiger partial charge in [0.25, 0.3) is 0 Å². The second-order valence-corrected chi connectivity index (χ2v) is 3.92. The average molecular weight is 271 g/mol. The van der Waals surface area contributed by atoms with Gasteiger partial charge in [-0.25, -0.2) is 9.97 Å². The number of hydrogen-bond donors (Lipinski definition) is 2. The molecule has 1 aromatic rings. The average Bonchev–Trinajstić information content (AvgIpc) is 2.19. The number of amides is 1. The number of hydrogen-bond acceptors (Lipinski definition) is 4. The van der Waals surface area contributed by atoms with Crippen LogP contribution in [-0.2, 0) is 4.79 Å². The van der Waals surface area contributed by atoms with Crippen molar-refractivity contribution in [3.05, 3.63) is 22.7 Å². The monoisotopic (exact) mass is 270 g/mol. The Morgan fingerprint density at radius 2 is 2.13 bits per heavy atom. The topological polar surface area (TPSA) is 92.7 Å². The highest BCUT2D eigenvalue weighted by molar-refractivity contribution is 9.10. The third-order valence-corrected chi connectivity index (χ3v) is 2.37. The van der Waals surface area contributed by atoms with Crippen molar-refractivity contribution in [2.24, 2.45) is 11.7 Å². The molecule has 0 unspecified atom stereocenters. The molecule has 3 N–H and O–H groups in total. The lowest BCUT2D eigenvalue weighted by molar-refractivity contribution is -0.119. The van der Waals surface area contributed by atoms with E-state index in [0.717, 1.165) is 4.47 Å². The van der Waals surface area contributed by atoms with Crippen LogP contribution in [0.15, 0.2) is 16.9 Å². The van der Waals surface area contributed by atoms with Gasteiger partial charge in [-0.15, -0.1) is 0 Å². The second-order valence-electron chi connectivity index (χ2n) is 3.00. The van der Waals surface area contributed by atoms with Gasteiger partial charge >= 0.3 is 0 Å². The lowest BCUT2D eigenvalue weighted by atomic mass is 9.99. The number of nitrogens with zero attached hydrogens (tertiary/aromatic N) is 2. The summed E-state index contributed by atoms with van der Waals surface area (Å²) in [5, 5.41) is 7.75. The standard InChI is InChI=1S/C9H11BrN4O/c1-2-6(8(12)15)7(11)9-13-3-5(10)4-14-9/h3-4,6,11H,2H2,1H3,(H2,12,15)/t6-/m0/s1. The van der Waals surface area contributed by atoms with Gasteiger partial charge < -0.3 is 11.1 Å². The van der Waals surface area contributed by atoms with E-state index in [-0.39, 0.29) is 11.5 Å². The summed E-state index contributed by atoms with van der Waals surface area (Å²) in [4.78, 5) is 18.9. The van der Waals surface area contributed by atoms with E-state index in [1.165, 1.54) is 12.4 Å². The van der Waals surface area contributed by atoms with Gasteiger partial charge in [0.15, 0.2) is 5.82 Å². The molecular weight excluding hydrogens is 260 g/mol. The van der Waals surface area contributed by atoms with Gasteiger partial charge in [0.05, 0.1) is 16.1 Å². The Morgan fingerprint density at radius 3 is 2.53 bits per heavy atom. The van der Waals surface area contributed by atoms with Crippen molar-refractivity contribution < 1.29 is 4.79 Å². The summed E-state index contributed by atoms with van der Waals surface area (Å²) in [7, 11) is 0. The molecule has 0 aliphatic carbocycles. The Balaban J connectivity index is 2.93. The van der Waals surface area contributed by atoms with Crippen molar-refractivity contribution in [2.45, 2.75) is 13.3 Å². The van der Waals surface area contributed by atoms with Crippen molar-refractivity contribution in [1.29, 1.82) is 5.41 Å². The molecule has 0 saturated carbocycles. The fourth-order valence-electron chi connectivity index (χ4n) is 1.15. The number of primary amides is 1. The third-order valence-electron chi connectivity index (χ3n) is 1.96. The lowest BCUT2D eigenvalue weighted by Gasteiger charge is -2.10. The Hall–Kier alpha value is -1.30. The van der Waals surface area contributed by atoms with Crippen molar-refractivity contribution in [2.75, 3.05) is 0 Å². The maximum absolute atomic E-state index is 11.0. The number of aromatic nitrogens is 2. The van der Waals surface area contributed by atoms with E-state index in [1.807, 2.05) is 0 Å². The third kappa shape index (κ3) is 2.82. The van der Waals surface area contributed by atoms with E-state index in [1.54, 1.807) is 6.92 Å². The van der Waals surface area contributed by atoms with Crippen molar-refractivity contribution in [3.8, 4) is 0 Å². The maximum atomic E-state index is 11.0. The van der Waals surface area contributed by atoms with Crippen molar-refractivity contribution >= 4 is 27.5 Å². The van der Waals surface area contributed by atoms with Crippen LogP contribution in [0.1, 0.15) is 19.2 Å². The normalized spacial score (nSPS) is 12.1. The van der Waals surface area contributed by atoms with Gasteiger partial charge in [-0.1, -0.05) is 6.92 Å². The van der Waals surface area contributed by atoms with Crippen LogP contribution in [-0.4, -0.2) is 21.6 Å². The van der Waals surface area contributed by atoms with Gasteiger partial charge in [0, 0.05) is 12.4 Å². The van der Waals surface area contributed by atoms with Crippen LogP contribution in [0.25, 0.3) is 0 Å². The van der Waals surface area contributed by atoms with Crippen molar-refractivity contribution in [1.82, 2.24) is 9.97 Å². The zero-order valence-electron chi connectivity index (χ0n) is 8.20. The van der Waals surface area contributed by atoms with E-state index >= 15 is 0 Å². The highest BCUT2D eigenvalue weighted by atomic mass is 79.9. The van der Waals surface area contributed by atoms with Gasteiger partial charge in [-0.3, -0.25) is 4.79 Å². The molecule has 1 heterocycles. The molecule has 1 rings (SSSR count). The summed E-state index contributed by atoms with van der Waals surface area (Å²) in [6.45, 7) is 1.79. The highest BCUT2D eigenvalue weighted by Crippen LogP contribution is 2.10. The van der Waals surface area contributed by atoms with Crippen LogP contribution < -0.4 is 5.73 Å². The van der Waals surface area contributed by atoms with E-state index in [0.29, 0.717) is 6.42 Å². The van der Waals surface area contributed by atoms with Crippen LogP contribution in [0.4, 0.5) is 0 Å². The molecule has 1 atom stereocenters. The largest absolute Gasteiger partial charge is 0.369 e. The van der Waals surface area contributed by atoms with Crippen LogP contribution in [0.3, 0.4) is 0 Å². The molecule has 0 aliphatic rings. The molecule has 0 aliphatic heterocycles. The molecule has 15 heavy (non-hydrogen) atoms. The zero-order chi connectivity index (χ0) is 11.4. The van der Waals surface area contributed by atoms with E-state index in [2.05, 4.69) is 25.9 Å². The fourth-order valence-corrected chi connectivity index (χ4v) is 1.36. The summed E-state index contributed by atoms with van der Waals surface area (Å²) in [5.74, 6) is -0.899. The quantitative estimate of drug-likeness (QED) is 0.803. The molecule has 0 saturated heterocycles. The number of carbonyl (C=O) groups is 1. The van der Waals surface area contributed by atoms with E-state index in [9.17, 15) is 4.79 Å². The number of nitrogens with two attached hydrogens (primary N) is 1. The Bertz CT molecular complexity index is 376. The minimum absolute atomic E-state index is 0.0671. The predicted octanol–water partition coefficient (Wildman–Crippen LogP) is 1.12. The second kappa shape index (κ2) is 4.97. The first-order valence-corrected chi connectivity index (χ1v) is 5.21. The van der Waals surface area contributed by atoms with Crippen LogP contribution >= 0.6 is 15.9 Å². The molecule has 0 aromatic carbocycles. The van der Waals surface area contributed by atoms with Crippen molar-refractivity contribution in [3.63, 3.8) is 0 Å². The summed E-state index contributed by atoms with van der Waals surface area (Å²) < 4.78 is 0.728. The first-order valence-electron chi connectivity index (χ1n) is 4.42. The van der Waals surface area contributed by atoms with Gasteiger partial charge in [0.1, 0.15) is 0 Å². The fraction of sp³-hybridized carbons (Fsp3) is 0.333. The molecule has 1 amide bonds. The number of nitrogens with one attached hydrogen (secondary N) is 1. The molecular formula is C9H11BrN4O. The molecule has 0 radical (unpaired) electrons. The molecule has 0 bridgehead atoms. The number of halogens is 1. The summed E-state index contributed by atoms with van der Waals surface area (Å²) in [6, 6.07) is 0. The predicted molar refractivity (Wildman–Crippen MR) is 59.5 cm³/mol. The minimum Gasteiger partial charge on any atom is -0.369 e. The van der Waals surface area contributed by atoms with E-state index in [4.69, 9.17) is 11.1 Å². The Morgan fingerprint density at radius 1 is 1.60 bits per heavy atom. The first kappa shape index (κ1) is 11.8. The molecule has 1 aromatic heterocycles. The smallest absolute Gasteiger partial charge is 0.226 e. The highest BCUT2D eigenvalue weighted by Gasteiger charge is 2.21. The van der Waals surface area contributed by atoms with E-state index < -0.39 is 11.8 Å². The van der Waals surface area contributed by atoms with Crippen LogP contribution in [0.2, 0.25) is 0 Å². The maximum Gasteiger partial charge on any atom is 0.226 e. The summed E-state index contributed by atoms with van der Waals surface area (Å²) in [5.41, 5.74) is 5.24. The lowest BCUT2D eigenvalue weighted by Crippen LogP contribution is -2.30. The summed E-state index contributed by atoms with van der Waals surface area (Å²) in [6.07, 6.45) is 3.54. The van der Waals surface area contributed by atoms with Crippen LogP contribution in [0, 0.1) is 11.3 Å². The molecule has 6 heteroatoms. The molecule has 0 fully saturated rings. The van der Waals surface area contributed by atoms with Gasteiger partial charge in [-0.05, 0) is 22.4 Å². The number of carbonyl (C=O) groups excluding carboxylic acids is 1. The van der Waals surface area contributed by atoms with Gasteiger partial charge in [-0.2, -0.15) is 0 Å². The minimum atomic E-state index is -0.619. The molecule has 80 valence electrons. The molecule has 0 spiro atoms. The Kier molecular flexibility index (Phi) is 3.90.